The van der Waals surface area contributed by atoms with Gasteiger partial charge in [0.2, 0.25) is 11.8 Å². The highest BCUT2D eigenvalue weighted by Crippen LogP contribution is 2.15. The molecule has 1 rings (SSSR count). The first-order valence-corrected chi connectivity index (χ1v) is 12.5. The predicted octanol–water partition coefficient (Wildman–Crippen LogP) is 2.44. The van der Waals surface area contributed by atoms with Crippen molar-refractivity contribution in [3.8, 4) is 0 Å². The third kappa shape index (κ3) is 11.9. The summed E-state index contributed by atoms with van der Waals surface area (Å²) in [5.74, 6) is -1.15. The van der Waals surface area contributed by atoms with E-state index in [1.54, 1.807) is 0 Å². The Balaban J connectivity index is 2.60. The van der Waals surface area contributed by atoms with Gasteiger partial charge in [0, 0.05) is 26.2 Å². The molecule has 1 heterocycles. The summed E-state index contributed by atoms with van der Waals surface area (Å²) in [6, 6.07) is -0.632. The predicted molar refractivity (Wildman–Crippen MR) is 127 cm³/mol. The Hall–Kier alpha value is -1.12. The van der Waals surface area contributed by atoms with Gasteiger partial charge in [-0.2, -0.15) is 12.6 Å². The van der Waals surface area contributed by atoms with Crippen LogP contribution in [0.3, 0.4) is 0 Å². The lowest BCUT2D eigenvalue weighted by Crippen LogP contribution is -2.51. The first-order valence-electron chi connectivity index (χ1n) is 11.9. The molecule has 0 bridgehead atoms. The van der Waals surface area contributed by atoms with Gasteiger partial charge in [-0.1, -0.05) is 52.9 Å². The molecule has 1 aliphatic rings. The second-order valence-electron chi connectivity index (χ2n) is 8.82. The molecule has 0 radical (unpaired) electrons. The summed E-state index contributed by atoms with van der Waals surface area (Å²) in [5.41, 5.74) is 0. The standard InChI is InChI=1S/C23H43N3O4S/c1-4-5-6-7-8-9-19(21(27)17-31)22(28)25-20(16-18(2)3)23(29)24-10-11-26-12-14-30-15-13-26/h18-20,31H,4-17H2,1-3H3,(H,24,29)(H,25,28)/t19?,20-/m0/s1. The molecule has 31 heavy (non-hydrogen) atoms. The smallest absolute Gasteiger partial charge is 0.242 e. The fourth-order valence-corrected chi connectivity index (χ4v) is 3.98. The molecule has 8 heteroatoms. The van der Waals surface area contributed by atoms with Crippen molar-refractivity contribution >= 4 is 30.2 Å². The molecule has 2 amide bonds. The number of thiol groups is 1. The van der Waals surface area contributed by atoms with E-state index in [-0.39, 0.29) is 29.3 Å². The van der Waals surface area contributed by atoms with Crippen LogP contribution in [0.4, 0.5) is 0 Å². The van der Waals surface area contributed by atoms with Crippen LogP contribution in [-0.4, -0.2) is 73.7 Å². The molecule has 2 N–H and O–H groups in total. The fourth-order valence-electron chi connectivity index (χ4n) is 3.76. The van der Waals surface area contributed by atoms with Crippen LogP contribution in [0.15, 0.2) is 0 Å². The van der Waals surface area contributed by atoms with Crippen LogP contribution in [0.5, 0.6) is 0 Å². The van der Waals surface area contributed by atoms with Crippen LogP contribution in [0, 0.1) is 11.8 Å². The molecular weight excluding hydrogens is 414 g/mol. The molecule has 1 fully saturated rings. The Morgan fingerprint density at radius 3 is 2.32 bits per heavy atom. The van der Waals surface area contributed by atoms with Crippen molar-refractivity contribution in [2.45, 2.75) is 71.8 Å². The van der Waals surface area contributed by atoms with E-state index in [0.717, 1.165) is 58.5 Å². The number of morpholine rings is 1. The monoisotopic (exact) mass is 457 g/mol. The quantitative estimate of drug-likeness (QED) is 0.188. The van der Waals surface area contributed by atoms with E-state index < -0.39 is 12.0 Å². The third-order valence-corrected chi connectivity index (χ3v) is 5.94. The van der Waals surface area contributed by atoms with Gasteiger partial charge >= 0.3 is 0 Å². The minimum atomic E-state index is -0.727. The van der Waals surface area contributed by atoms with Crippen molar-refractivity contribution in [1.82, 2.24) is 15.5 Å². The number of unbranched alkanes of at least 4 members (excludes halogenated alkanes) is 4. The molecule has 0 spiro atoms. The van der Waals surface area contributed by atoms with Crippen molar-refractivity contribution in [2.75, 3.05) is 45.1 Å². The van der Waals surface area contributed by atoms with Gasteiger partial charge in [-0.05, 0) is 18.8 Å². The van der Waals surface area contributed by atoms with E-state index >= 15 is 0 Å². The number of hydrogen-bond donors (Lipinski definition) is 3. The Bertz CT molecular complexity index is 539. The maximum Gasteiger partial charge on any atom is 0.242 e. The van der Waals surface area contributed by atoms with Crippen molar-refractivity contribution in [1.29, 1.82) is 0 Å². The minimum absolute atomic E-state index is 0.0354. The number of hydrogen-bond acceptors (Lipinski definition) is 6. The van der Waals surface area contributed by atoms with E-state index in [1.807, 2.05) is 13.8 Å². The Morgan fingerprint density at radius 2 is 1.71 bits per heavy atom. The maximum absolute atomic E-state index is 12.9. The number of amides is 2. The second-order valence-corrected chi connectivity index (χ2v) is 9.13. The van der Waals surface area contributed by atoms with Crippen molar-refractivity contribution in [3.05, 3.63) is 0 Å². The molecule has 7 nitrogen and oxygen atoms in total. The fraction of sp³-hybridized carbons (Fsp3) is 0.870. The first kappa shape index (κ1) is 27.9. The summed E-state index contributed by atoms with van der Waals surface area (Å²) in [6.45, 7) is 10.7. The van der Waals surface area contributed by atoms with Crippen molar-refractivity contribution < 1.29 is 19.1 Å². The summed E-state index contributed by atoms with van der Waals surface area (Å²) in [6.07, 6.45) is 6.32. The summed E-state index contributed by atoms with van der Waals surface area (Å²) < 4.78 is 5.34. The van der Waals surface area contributed by atoms with E-state index in [0.29, 0.717) is 19.4 Å². The zero-order valence-electron chi connectivity index (χ0n) is 19.7. The molecule has 1 aliphatic heterocycles. The molecule has 1 saturated heterocycles. The van der Waals surface area contributed by atoms with Crippen molar-refractivity contribution in [3.63, 3.8) is 0 Å². The third-order valence-electron chi connectivity index (χ3n) is 5.63. The van der Waals surface area contributed by atoms with E-state index in [2.05, 4.69) is 35.1 Å². The Morgan fingerprint density at radius 1 is 1.03 bits per heavy atom. The highest BCUT2D eigenvalue weighted by Gasteiger charge is 2.29. The Labute approximate surface area is 193 Å². The lowest BCUT2D eigenvalue weighted by atomic mass is 9.94. The van der Waals surface area contributed by atoms with Crippen LogP contribution < -0.4 is 10.6 Å². The molecule has 1 unspecified atom stereocenters. The number of ether oxygens (including phenoxy) is 1. The van der Waals surface area contributed by atoms with Gasteiger partial charge in [0.25, 0.3) is 0 Å². The number of Topliss-reactive ketones (excluding diaryl/α,β-unsaturated/α-hetero) is 1. The number of nitrogens with zero attached hydrogens (tertiary/aromatic N) is 1. The lowest BCUT2D eigenvalue weighted by molar-refractivity contribution is -0.136. The van der Waals surface area contributed by atoms with Crippen LogP contribution in [0.2, 0.25) is 0 Å². The van der Waals surface area contributed by atoms with Gasteiger partial charge in [0.1, 0.15) is 6.04 Å². The van der Waals surface area contributed by atoms with Crippen LogP contribution in [-0.2, 0) is 19.1 Å². The van der Waals surface area contributed by atoms with Gasteiger partial charge in [0.15, 0.2) is 5.78 Å². The number of ketones is 1. The number of carbonyl (C=O) groups is 3. The van der Waals surface area contributed by atoms with Gasteiger partial charge in [-0.25, -0.2) is 0 Å². The summed E-state index contributed by atoms with van der Waals surface area (Å²) in [4.78, 5) is 40.3. The first-order chi connectivity index (χ1) is 14.9. The van der Waals surface area contributed by atoms with E-state index in [1.165, 1.54) is 6.42 Å². The molecule has 0 aromatic heterocycles. The highest BCUT2D eigenvalue weighted by atomic mass is 32.1. The van der Waals surface area contributed by atoms with Crippen LogP contribution in [0.25, 0.3) is 0 Å². The molecular formula is C23H43N3O4S. The van der Waals surface area contributed by atoms with Gasteiger partial charge in [-0.15, -0.1) is 0 Å². The number of nitrogens with one attached hydrogen (secondary N) is 2. The van der Waals surface area contributed by atoms with Crippen molar-refractivity contribution in [2.24, 2.45) is 11.8 Å². The zero-order valence-corrected chi connectivity index (χ0v) is 20.6. The SMILES string of the molecule is CCCCCCCC(C(=O)CS)C(=O)N[C@@H](CC(C)C)C(=O)NCCN1CCOCC1. The maximum atomic E-state index is 12.9. The highest BCUT2D eigenvalue weighted by molar-refractivity contribution is 7.81. The van der Waals surface area contributed by atoms with Gasteiger partial charge in [0.05, 0.1) is 24.9 Å². The summed E-state index contributed by atoms with van der Waals surface area (Å²) in [5, 5.41) is 5.82. The lowest BCUT2D eigenvalue weighted by Gasteiger charge is -2.27. The number of carbonyl (C=O) groups excluding carboxylic acids is 3. The summed E-state index contributed by atoms with van der Waals surface area (Å²) in [7, 11) is 0. The number of rotatable bonds is 16. The van der Waals surface area contributed by atoms with E-state index in [4.69, 9.17) is 4.74 Å². The minimum Gasteiger partial charge on any atom is -0.379 e. The van der Waals surface area contributed by atoms with E-state index in [9.17, 15) is 14.4 Å². The molecule has 0 aromatic carbocycles. The second kappa shape index (κ2) is 16.5. The van der Waals surface area contributed by atoms with Gasteiger partial charge in [-0.3, -0.25) is 19.3 Å². The van der Waals surface area contributed by atoms with Crippen LogP contribution >= 0.6 is 12.6 Å². The van der Waals surface area contributed by atoms with Crippen LogP contribution in [0.1, 0.15) is 65.7 Å². The summed E-state index contributed by atoms with van der Waals surface area (Å²) >= 11 is 4.09. The average molecular weight is 458 g/mol. The molecule has 180 valence electrons. The van der Waals surface area contributed by atoms with Gasteiger partial charge < -0.3 is 15.4 Å². The topological polar surface area (TPSA) is 87.7 Å². The average Bonchev–Trinajstić information content (AvgIpc) is 2.75. The molecule has 0 aromatic rings. The normalized spacial score (nSPS) is 16.7. The molecule has 0 aliphatic carbocycles. The zero-order chi connectivity index (χ0) is 23.1. The largest absolute Gasteiger partial charge is 0.379 e. The molecule has 0 saturated carbocycles. The Kier molecular flexibility index (Phi) is 14.9. The molecule has 2 atom stereocenters.